The number of rotatable bonds is 1. The fourth-order valence-corrected chi connectivity index (χ4v) is 4.72. The molecule has 0 saturated heterocycles. The van der Waals surface area contributed by atoms with Crippen LogP contribution in [0, 0.1) is 11.8 Å². The number of hydrogen-bond acceptors (Lipinski definition) is 2. The van der Waals surface area contributed by atoms with Crippen LogP contribution in [0.1, 0.15) is 24.8 Å². The SMILES string of the molecule is O=C(Nc1ccc(C(F)(F)F)cc1)N1CC2C(=N1)C1=C(CC=CC1)C/C=C1/C=CC=CC12. The van der Waals surface area contributed by atoms with Crippen LogP contribution in [0.2, 0.25) is 0 Å². The van der Waals surface area contributed by atoms with Crippen LogP contribution in [0.15, 0.2) is 88.6 Å². The number of hydrazone groups is 1. The van der Waals surface area contributed by atoms with Crippen molar-refractivity contribution in [2.45, 2.75) is 25.4 Å². The topological polar surface area (TPSA) is 44.7 Å². The Morgan fingerprint density at radius 2 is 1.84 bits per heavy atom. The van der Waals surface area contributed by atoms with Crippen LogP contribution in [0.5, 0.6) is 0 Å². The van der Waals surface area contributed by atoms with Gasteiger partial charge in [-0.3, -0.25) is 0 Å². The number of anilines is 1. The highest BCUT2D eigenvalue weighted by Gasteiger charge is 2.39. The Morgan fingerprint density at radius 1 is 1.06 bits per heavy atom. The highest BCUT2D eigenvalue weighted by molar-refractivity contribution is 6.06. The second-order valence-corrected chi connectivity index (χ2v) is 8.32. The summed E-state index contributed by atoms with van der Waals surface area (Å²) >= 11 is 0. The number of urea groups is 1. The third kappa shape index (κ3) is 3.83. The first-order valence-corrected chi connectivity index (χ1v) is 10.7. The Kier molecular flexibility index (Phi) is 5.12. The molecule has 5 rings (SSSR count). The van der Waals surface area contributed by atoms with E-state index in [1.54, 1.807) is 0 Å². The number of carbonyl (C=O) groups is 1. The minimum Gasteiger partial charge on any atom is -0.306 e. The van der Waals surface area contributed by atoms with Crippen molar-refractivity contribution in [1.29, 1.82) is 0 Å². The molecule has 4 aliphatic rings. The summed E-state index contributed by atoms with van der Waals surface area (Å²) in [5.41, 5.74) is 4.26. The van der Waals surface area contributed by atoms with E-state index < -0.39 is 17.8 Å². The zero-order valence-corrected chi connectivity index (χ0v) is 17.3. The fraction of sp³-hybridized carbons (Fsp3) is 0.280. The number of carbonyl (C=O) groups excluding carboxylic acids is 1. The van der Waals surface area contributed by atoms with E-state index in [1.807, 2.05) is 12.2 Å². The molecule has 2 atom stereocenters. The van der Waals surface area contributed by atoms with E-state index in [1.165, 1.54) is 33.9 Å². The lowest BCUT2D eigenvalue weighted by atomic mass is 9.74. The van der Waals surface area contributed by atoms with Gasteiger partial charge in [0.25, 0.3) is 0 Å². The number of hydrogen-bond donors (Lipinski definition) is 1. The summed E-state index contributed by atoms with van der Waals surface area (Å²) in [7, 11) is 0. The van der Waals surface area contributed by atoms with E-state index in [-0.39, 0.29) is 11.8 Å². The summed E-state index contributed by atoms with van der Waals surface area (Å²) in [4.78, 5) is 12.9. The van der Waals surface area contributed by atoms with Gasteiger partial charge in [-0.25, -0.2) is 9.80 Å². The second kappa shape index (κ2) is 7.97. The van der Waals surface area contributed by atoms with Crippen molar-refractivity contribution in [2.24, 2.45) is 16.9 Å². The van der Waals surface area contributed by atoms with E-state index >= 15 is 0 Å². The predicted octanol–water partition coefficient (Wildman–Crippen LogP) is 6.24. The van der Waals surface area contributed by atoms with Gasteiger partial charge in [-0.05, 0) is 54.7 Å². The van der Waals surface area contributed by atoms with Crippen LogP contribution in [-0.4, -0.2) is 23.3 Å². The lowest BCUT2D eigenvalue weighted by Gasteiger charge is -2.29. The van der Waals surface area contributed by atoms with Crippen molar-refractivity contribution in [2.75, 3.05) is 11.9 Å². The lowest BCUT2D eigenvalue weighted by Crippen LogP contribution is -2.33. The van der Waals surface area contributed by atoms with Crippen LogP contribution in [-0.2, 0) is 6.18 Å². The number of alkyl halides is 3. The number of nitrogens with zero attached hydrogens (tertiary/aromatic N) is 2. The highest BCUT2D eigenvalue weighted by Crippen LogP contribution is 2.40. The summed E-state index contributed by atoms with van der Waals surface area (Å²) in [5.74, 6) is 0.181. The Hall–Kier alpha value is -3.35. The Bertz CT molecular complexity index is 1120. The molecule has 0 aromatic heterocycles. The van der Waals surface area contributed by atoms with Crippen LogP contribution in [0.3, 0.4) is 0 Å². The third-order valence-corrected chi connectivity index (χ3v) is 6.36. The van der Waals surface area contributed by atoms with Gasteiger partial charge in [-0.15, -0.1) is 0 Å². The number of fused-ring (bicyclic) bond motifs is 4. The molecule has 3 aliphatic carbocycles. The maximum atomic E-state index is 12.9. The zero-order chi connectivity index (χ0) is 22.3. The maximum absolute atomic E-state index is 12.9. The van der Waals surface area contributed by atoms with Crippen LogP contribution >= 0.6 is 0 Å². The number of benzene rings is 1. The van der Waals surface area contributed by atoms with E-state index in [4.69, 9.17) is 5.10 Å². The Morgan fingerprint density at radius 3 is 2.62 bits per heavy atom. The van der Waals surface area contributed by atoms with E-state index in [2.05, 4.69) is 35.7 Å². The monoisotopic (exact) mass is 437 g/mol. The standard InChI is InChI=1S/C25H22F3N3O/c26-25(27,28)18-11-13-19(14-12-18)29-24(32)31-15-22-20-7-3-1-5-16(20)9-10-17-6-2-4-8-21(17)23(22)30-31/h1-5,7,9,11-14,20,22H,6,8,10,15H2,(H,29,32)/b16-9-. The predicted molar refractivity (Wildman–Crippen MR) is 118 cm³/mol. The fourth-order valence-electron chi connectivity index (χ4n) is 4.72. The van der Waals surface area contributed by atoms with Gasteiger partial charge in [-0.1, -0.05) is 48.1 Å². The summed E-state index contributed by atoms with van der Waals surface area (Å²) in [6, 6.07) is 3.99. The largest absolute Gasteiger partial charge is 0.416 e. The lowest BCUT2D eigenvalue weighted by molar-refractivity contribution is -0.137. The first-order chi connectivity index (χ1) is 15.4. The molecule has 0 saturated carbocycles. The maximum Gasteiger partial charge on any atom is 0.416 e. The Labute approximate surface area is 184 Å². The number of halogens is 3. The molecule has 4 nitrogen and oxygen atoms in total. The molecule has 1 aromatic rings. The van der Waals surface area contributed by atoms with Crippen molar-refractivity contribution in [3.63, 3.8) is 0 Å². The van der Waals surface area contributed by atoms with Gasteiger partial charge in [0.05, 0.1) is 17.8 Å². The number of nitrogens with one attached hydrogen (secondary N) is 1. The molecule has 2 amide bonds. The molecular weight excluding hydrogens is 415 g/mol. The molecule has 0 spiro atoms. The molecule has 0 bridgehead atoms. The van der Waals surface area contributed by atoms with Crippen LogP contribution in [0.25, 0.3) is 0 Å². The highest BCUT2D eigenvalue weighted by atomic mass is 19.4. The molecule has 0 radical (unpaired) electrons. The number of amides is 2. The minimum absolute atomic E-state index is 0.0394. The quantitative estimate of drug-likeness (QED) is 0.519. The van der Waals surface area contributed by atoms with Gasteiger partial charge < -0.3 is 5.32 Å². The van der Waals surface area contributed by atoms with Crippen LogP contribution in [0.4, 0.5) is 23.7 Å². The van der Waals surface area contributed by atoms with E-state index in [0.29, 0.717) is 12.2 Å². The van der Waals surface area contributed by atoms with Crippen molar-refractivity contribution in [3.8, 4) is 0 Å². The van der Waals surface area contributed by atoms with Crippen molar-refractivity contribution in [1.82, 2.24) is 5.01 Å². The van der Waals surface area contributed by atoms with Gasteiger partial charge in [0.15, 0.2) is 0 Å². The van der Waals surface area contributed by atoms with Crippen LogP contribution < -0.4 is 5.32 Å². The summed E-state index contributed by atoms with van der Waals surface area (Å²) < 4.78 is 38.4. The molecule has 1 aliphatic heterocycles. The summed E-state index contributed by atoms with van der Waals surface area (Å²) in [6.45, 7) is 0.419. The van der Waals surface area contributed by atoms with Crippen molar-refractivity contribution >= 4 is 17.4 Å². The van der Waals surface area contributed by atoms with Crippen molar-refractivity contribution < 1.29 is 18.0 Å². The Balaban J connectivity index is 1.41. The summed E-state index contributed by atoms with van der Waals surface area (Å²) in [5, 5.41) is 8.82. The molecular formula is C25H22F3N3O. The second-order valence-electron chi connectivity index (χ2n) is 8.32. The smallest absolute Gasteiger partial charge is 0.306 e. The van der Waals surface area contributed by atoms with Gasteiger partial charge in [0.2, 0.25) is 0 Å². The number of allylic oxidation sites excluding steroid dienone is 10. The normalized spacial score (nSPS) is 25.8. The average molecular weight is 437 g/mol. The molecule has 1 N–H and O–H groups in total. The first kappa shape index (κ1) is 20.5. The van der Waals surface area contributed by atoms with Crippen molar-refractivity contribution in [3.05, 3.63) is 89.1 Å². The zero-order valence-electron chi connectivity index (χ0n) is 17.3. The van der Waals surface area contributed by atoms with Gasteiger partial charge in [-0.2, -0.15) is 18.3 Å². The minimum atomic E-state index is -4.41. The first-order valence-electron chi connectivity index (χ1n) is 10.7. The molecule has 1 heterocycles. The third-order valence-electron chi connectivity index (χ3n) is 6.36. The van der Waals surface area contributed by atoms with Gasteiger partial charge in [0, 0.05) is 17.5 Å². The average Bonchev–Trinajstić information content (AvgIpc) is 3.21. The van der Waals surface area contributed by atoms with Gasteiger partial charge in [0.1, 0.15) is 0 Å². The van der Waals surface area contributed by atoms with E-state index in [9.17, 15) is 18.0 Å². The summed E-state index contributed by atoms with van der Waals surface area (Å²) in [6.07, 6.45) is 13.1. The van der Waals surface area contributed by atoms with Gasteiger partial charge >= 0.3 is 12.2 Å². The molecule has 2 unspecified atom stereocenters. The molecule has 32 heavy (non-hydrogen) atoms. The molecule has 7 heteroatoms. The molecule has 1 aromatic carbocycles. The molecule has 164 valence electrons. The van der Waals surface area contributed by atoms with E-state index in [0.717, 1.165) is 37.1 Å². The molecule has 0 fully saturated rings.